The molecule has 24 heavy (non-hydrogen) atoms. The highest BCUT2D eigenvalue weighted by molar-refractivity contribution is 7.71. The molecule has 0 aliphatic carbocycles. The zero-order chi connectivity index (χ0) is 17.1. The lowest BCUT2D eigenvalue weighted by molar-refractivity contribution is -0.131. The molecule has 0 aliphatic heterocycles. The quantitative estimate of drug-likeness (QED) is 0.707. The number of halogens is 1. The number of carbonyl (C=O) groups excluding carboxylic acids is 1. The van der Waals surface area contributed by atoms with E-state index in [2.05, 4.69) is 10.2 Å². The molecule has 1 aromatic carbocycles. The molecule has 3 aromatic rings. The van der Waals surface area contributed by atoms with E-state index in [-0.39, 0.29) is 18.3 Å². The van der Waals surface area contributed by atoms with Crippen LogP contribution in [0.1, 0.15) is 5.56 Å². The van der Waals surface area contributed by atoms with E-state index < -0.39 is 0 Å². The smallest absolute Gasteiger partial charge is 0.242 e. The fraction of sp³-hybridized carbons (Fsp3) is 0.188. The van der Waals surface area contributed by atoms with Crippen LogP contribution in [0.15, 0.2) is 41.8 Å². The van der Waals surface area contributed by atoms with E-state index in [1.54, 1.807) is 28.6 Å². The number of nitrogens with one attached hydrogen (secondary N) is 1. The van der Waals surface area contributed by atoms with Gasteiger partial charge < -0.3 is 4.90 Å². The zero-order valence-corrected chi connectivity index (χ0v) is 14.5. The minimum absolute atomic E-state index is 0.0778. The Bertz CT molecular complexity index is 901. The number of aromatic amines is 1. The molecule has 0 bridgehead atoms. The second-order valence-electron chi connectivity index (χ2n) is 5.30. The van der Waals surface area contributed by atoms with Crippen molar-refractivity contribution in [1.82, 2.24) is 19.7 Å². The van der Waals surface area contributed by atoms with Crippen LogP contribution in [0.5, 0.6) is 0 Å². The van der Waals surface area contributed by atoms with Gasteiger partial charge >= 0.3 is 0 Å². The average Bonchev–Trinajstić information content (AvgIpc) is 3.18. The molecule has 8 heteroatoms. The largest absolute Gasteiger partial charge is 0.340 e. The Morgan fingerprint density at radius 3 is 2.96 bits per heavy atom. The number of rotatable bonds is 5. The monoisotopic (exact) mass is 362 g/mol. The Hall–Kier alpha value is -2.32. The van der Waals surface area contributed by atoms with Gasteiger partial charge in [-0.1, -0.05) is 18.2 Å². The minimum atomic E-state index is -0.314. The van der Waals surface area contributed by atoms with E-state index >= 15 is 0 Å². The van der Waals surface area contributed by atoms with Crippen molar-refractivity contribution in [3.63, 3.8) is 0 Å². The normalized spacial score (nSPS) is 10.8. The molecule has 1 N–H and O–H groups in total. The molecule has 5 nitrogen and oxygen atoms in total. The van der Waals surface area contributed by atoms with Crippen LogP contribution in [0.3, 0.4) is 0 Å². The number of thiophene rings is 1. The number of H-pyrrole nitrogens is 1. The van der Waals surface area contributed by atoms with E-state index in [0.717, 1.165) is 10.4 Å². The fourth-order valence-corrected chi connectivity index (χ4v) is 3.23. The Labute approximate surface area is 147 Å². The van der Waals surface area contributed by atoms with E-state index in [1.165, 1.54) is 23.5 Å². The van der Waals surface area contributed by atoms with Crippen LogP contribution in [0, 0.1) is 10.6 Å². The summed E-state index contributed by atoms with van der Waals surface area (Å²) < 4.78 is 15.3. The topological polar surface area (TPSA) is 53.9 Å². The van der Waals surface area contributed by atoms with Gasteiger partial charge in [-0.3, -0.25) is 14.5 Å². The Kier molecular flexibility index (Phi) is 4.86. The standard InChI is InChI=1S/C16H15FN4OS2/c1-20(9-11-4-2-5-12(17)8-11)14(22)10-21-15(18-19-16(21)23)13-6-3-7-24-13/h2-8H,9-10H2,1H3,(H,19,23). The van der Waals surface area contributed by atoms with Crippen LogP contribution in [0.4, 0.5) is 4.39 Å². The van der Waals surface area contributed by atoms with Crippen molar-refractivity contribution in [2.45, 2.75) is 13.1 Å². The molecule has 2 heterocycles. The summed E-state index contributed by atoms with van der Waals surface area (Å²) in [5.74, 6) is 0.197. The minimum Gasteiger partial charge on any atom is -0.340 e. The Morgan fingerprint density at radius 2 is 2.25 bits per heavy atom. The number of benzene rings is 1. The fourth-order valence-electron chi connectivity index (χ4n) is 2.31. The third kappa shape index (κ3) is 3.60. The predicted molar refractivity (Wildman–Crippen MR) is 93.6 cm³/mol. The summed E-state index contributed by atoms with van der Waals surface area (Å²) in [4.78, 5) is 15.0. The van der Waals surface area contributed by atoms with Gasteiger partial charge in [-0.15, -0.1) is 11.3 Å². The number of carbonyl (C=O) groups is 1. The summed E-state index contributed by atoms with van der Waals surface area (Å²) in [6, 6.07) is 10.1. The molecule has 0 aliphatic rings. The summed E-state index contributed by atoms with van der Waals surface area (Å²) in [6.07, 6.45) is 0. The van der Waals surface area contributed by atoms with E-state index in [1.807, 2.05) is 17.5 Å². The molecule has 0 unspecified atom stereocenters. The van der Waals surface area contributed by atoms with Crippen molar-refractivity contribution >= 4 is 29.5 Å². The maximum Gasteiger partial charge on any atom is 0.242 e. The summed E-state index contributed by atoms with van der Waals surface area (Å²) in [5, 5.41) is 8.87. The zero-order valence-electron chi connectivity index (χ0n) is 12.9. The summed E-state index contributed by atoms with van der Waals surface area (Å²) in [5.41, 5.74) is 0.736. The second-order valence-corrected chi connectivity index (χ2v) is 6.63. The molecule has 0 saturated heterocycles. The first-order valence-corrected chi connectivity index (χ1v) is 8.51. The maximum absolute atomic E-state index is 13.3. The Morgan fingerprint density at radius 1 is 1.42 bits per heavy atom. The molecule has 124 valence electrons. The van der Waals surface area contributed by atoms with E-state index in [9.17, 15) is 9.18 Å². The highest BCUT2D eigenvalue weighted by atomic mass is 32.1. The number of hydrogen-bond donors (Lipinski definition) is 1. The average molecular weight is 362 g/mol. The summed E-state index contributed by atoms with van der Waals surface area (Å²) >= 11 is 6.75. The molecule has 0 spiro atoms. The molecule has 0 saturated carbocycles. The van der Waals surface area contributed by atoms with Crippen LogP contribution in [-0.2, 0) is 17.9 Å². The first-order chi connectivity index (χ1) is 11.5. The third-order valence-electron chi connectivity index (χ3n) is 3.53. The molecular formula is C16H15FN4OS2. The number of hydrogen-bond acceptors (Lipinski definition) is 4. The van der Waals surface area contributed by atoms with Crippen LogP contribution >= 0.6 is 23.6 Å². The SMILES string of the molecule is CN(Cc1cccc(F)c1)C(=O)Cn1c(-c2cccs2)n[nH]c1=S. The molecule has 0 atom stereocenters. The predicted octanol–water partition coefficient (Wildman–Crippen LogP) is 3.47. The summed E-state index contributed by atoms with van der Waals surface area (Å²) in [6.45, 7) is 0.407. The third-order valence-corrected chi connectivity index (χ3v) is 4.71. The molecule has 2 aromatic heterocycles. The molecule has 3 rings (SSSR count). The highest BCUT2D eigenvalue weighted by Crippen LogP contribution is 2.22. The first kappa shape index (κ1) is 16.5. The highest BCUT2D eigenvalue weighted by Gasteiger charge is 2.16. The van der Waals surface area contributed by atoms with Crippen LogP contribution < -0.4 is 0 Å². The van der Waals surface area contributed by atoms with Gasteiger partial charge in [0.1, 0.15) is 12.4 Å². The van der Waals surface area contributed by atoms with Crippen molar-refractivity contribution in [2.24, 2.45) is 0 Å². The molecule has 1 amide bonds. The van der Waals surface area contributed by atoms with E-state index in [0.29, 0.717) is 17.1 Å². The van der Waals surface area contributed by atoms with Crippen molar-refractivity contribution < 1.29 is 9.18 Å². The lowest BCUT2D eigenvalue weighted by atomic mass is 10.2. The van der Waals surface area contributed by atoms with Gasteiger partial charge in [-0.2, -0.15) is 5.10 Å². The lowest BCUT2D eigenvalue weighted by Crippen LogP contribution is -2.30. The number of amides is 1. The van der Waals surface area contributed by atoms with E-state index in [4.69, 9.17) is 12.2 Å². The van der Waals surface area contributed by atoms with Crippen molar-refractivity contribution in [1.29, 1.82) is 0 Å². The van der Waals surface area contributed by atoms with Crippen LogP contribution in [0.2, 0.25) is 0 Å². The lowest BCUT2D eigenvalue weighted by Gasteiger charge is -2.18. The summed E-state index contributed by atoms with van der Waals surface area (Å²) in [7, 11) is 1.68. The molecule has 0 fully saturated rings. The first-order valence-electron chi connectivity index (χ1n) is 7.22. The van der Waals surface area contributed by atoms with Gasteiger partial charge in [0, 0.05) is 13.6 Å². The van der Waals surface area contributed by atoms with Crippen LogP contribution in [0.25, 0.3) is 10.7 Å². The van der Waals surface area contributed by atoms with Crippen LogP contribution in [-0.4, -0.2) is 32.6 Å². The van der Waals surface area contributed by atoms with Gasteiger partial charge in [-0.05, 0) is 41.4 Å². The van der Waals surface area contributed by atoms with Crippen molar-refractivity contribution in [3.05, 3.63) is 57.9 Å². The molecular weight excluding hydrogens is 347 g/mol. The molecule has 0 radical (unpaired) electrons. The Balaban J connectivity index is 1.75. The second kappa shape index (κ2) is 7.06. The van der Waals surface area contributed by atoms with Gasteiger partial charge in [-0.25, -0.2) is 4.39 Å². The number of likely N-dealkylation sites (N-methyl/N-ethyl adjacent to an activating group) is 1. The number of aromatic nitrogens is 3. The van der Waals surface area contributed by atoms with Crippen molar-refractivity contribution in [2.75, 3.05) is 7.05 Å². The van der Waals surface area contributed by atoms with Gasteiger partial charge in [0.25, 0.3) is 0 Å². The van der Waals surface area contributed by atoms with Crippen molar-refractivity contribution in [3.8, 4) is 10.7 Å². The number of nitrogens with zero attached hydrogens (tertiary/aromatic N) is 3. The van der Waals surface area contributed by atoms with Gasteiger partial charge in [0.05, 0.1) is 4.88 Å². The van der Waals surface area contributed by atoms with Gasteiger partial charge in [0.2, 0.25) is 5.91 Å². The maximum atomic E-state index is 13.3. The van der Waals surface area contributed by atoms with Gasteiger partial charge in [0.15, 0.2) is 10.6 Å².